The molecule has 0 saturated carbocycles. The molecule has 2 fully saturated rings. The second kappa shape index (κ2) is 5.63. The molecular formula is C16H21FN2O2. The van der Waals surface area contributed by atoms with E-state index >= 15 is 0 Å². The highest BCUT2D eigenvalue weighted by molar-refractivity contribution is 5.30. The van der Waals surface area contributed by atoms with Crippen LogP contribution in [0.1, 0.15) is 36.5 Å². The number of pyridine rings is 1. The Balaban J connectivity index is 1.38. The number of fused-ring (bicyclic) bond motifs is 1. The van der Waals surface area contributed by atoms with Gasteiger partial charge in [0.05, 0.1) is 18.8 Å². The van der Waals surface area contributed by atoms with E-state index in [4.69, 9.17) is 9.47 Å². The van der Waals surface area contributed by atoms with Crippen LogP contribution in [0.2, 0.25) is 0 Å². The van der Waals surface area contributed by atoms with Gasteiger partial charge in [-0.3, -0.25) is 4.90 Å². The zero-order valence-electron chi connectivity index (χ0n) is 12.1. The predicted octanol–water partition coefficient (Wildman–Crippen LogP) is 2.09. The van der Waals surface area contributed by atoms with E-state index in [0.29, 0.717) is 6.04 Å². The molecule has 0 aromatic carbocycles. The third-order valence-corrected chi connectivity index (χ3v) is 4.97. The van der Waals surface area contributed by atoms with E-state index in [1.54, 1.807) is 12.3 Å². The summed E-state index contributed by atoms with van der Waals surface area (Å²) in [6.45, 7) is 3.84. The van der Waals surface area contributed by atoms with Crippen molar-refractivity contribution in [2.75, 3.05) is 26.3 Å². The minimum Gasteiger partial charge on any atom is -0.380 e. The van der Waals surface area contributed by atoms with Gasteiger partial charge in [-0.2, -0.15) is 4.39 Å². The zero-order valence-corrected chi connectivity index (χ0v) is 12.1. The van der Waals surface area contributed by atoms with E-state index in [9.17, 15) is 4.39 Å². The van der Waals surface area contributed by atoms with E-state index in [2.05, 4.69) is 9.88 Å². The van der Waals surface area contributed by atoms with Crippen LogP contribution in [0.5, 0.6) is 0 Å². The lowest BCUT2D eigenvalue weighted by molar-refractivity contribution is -0.00886. The molecule has 3 atom stereocenters. The van der Waals surface area contributed by atoms with Crippen molar-refractivity contribution in [3.8, 4) is 0 Å². The van der Waals surface area contributed by atoms with Crippen molar-refractivity contribution >= 4 is 0 Å². The van der Waals surface area contributed by atoms with Gasteiger partial charge in [0.1, 0.15) is 0 Å². The number of ether oxygens (including phenoxy) is 2. The number of aryl methyl sites for hydroxylation is 1. The lowest BCUT2D eigenvalue weighted by Crippen LogP contribution is -2.34. The number of hydrogen-bond donors (Lipinski definition) is 0. The maximum atomic E-state index is 13.1. The Morgan fingerprint density at radius 2 is 2.29 bits per heavy atom. The number of hydrogen-bond acceptors (Lipinski definition) is 4. The molecule has 0 bridgehead atoms. The van der Waals surface area contributed by atoms with Crippen LogP contribution < -0.4 is 0 Å². The Morgan fingerprint density at radius 1 is 1.33 bits per heavy atom. The molecule has 1 aliphatic carbocycles. The van der Waals surface area contributed by atoms with Gasteiger partial charge in [-0.15, -0.1) is 0 Å². The van der Waals surface area contributed by atoms with Crippen LogP contribution in [0.25, 0.3) is 0 Å². The van der Waals surface area contributed by atoms with Crippen molar-refractivity contribution in [1.29, 1.82) is 0 Å². The molecule has 2 unspecified atom stereocenters. The first kappa shape index (κ1) is 13.6. The SMILES string of the molecule is Fc1cc2c(cn1)C(O[C@@H]1CCN(C3CCOC3)C1)CC2. The standard InChI is InChI=1S/C16H21FN2O2/c17-16-7-11-1-2-15(14(11)8-18-16)21-13-3-5-19(9-13)12-4-6-20-10-12/h7-8,12-13,15H,1-6,9-10H2/t12?,13-,15?/m1/s1. The summed E-state index contributed by atoms with van der Waals surface area (Å²) in [6.07, 6.45) is 6.10. The van der Waals surface area contributed by atoms with Crippen molar-refractivity contribution in [2.45, 2.75) is 43.9 Å². The molecule has 1 aromatic heterocycles. The highest BCUT2D eigenvalue weighted by Crippen LogP contribution is 2.36. The van der Waals surface area contributed by atoms with Gasteiger partial charge in [-0.25, -0.2) is 4.98 Å². The normalized spacial score (nSPS) is 32.7. The van der Waals surface area contributed by atoms with Crippen molar-refractivity contribution in [3.05, 3.63) is 29.3 Å². The summed E-state index contributed by atoms with van der Waals surface area (Å²) in [5.41, 5.74) is 2.14. The Morgan fingerprint density at radius 3 is 3.14 bits per heavy atom. The minimum absolute atomic E-state index is 0.0953. The van der Waals surface area contributed by atoms with Gasteiger partial charge in [0.25, 0.3) is 0 Å². The molecule has 21 heavy (non-hydrogen) atoms. The molecule has 5 heteroatoms. The summed E-state index contributed by atoms with van der Waals surface area (Å²) in [6, 6.07) is 2.13. The average molecular weight is 292 g/mol. The molecule has 3 heterocycles. The molecule has 0 radical (unpaired) electrons. The minimum atomic E-state index is -0.386. The molecule has 3 aliphatic rings. The highest BCUT2D eigenvalue weighted by Gasteiger charge is 2.34. The van der Waals surface area contributed by atoms with Crippen LogP contribution >= 0.6 is 0 Å². The third-order valence-electron chi connectivity index (χ3n) is 4.97. The molecule has 4 rings (SSSR count). The van der Waals surface area contributed by atoms with Gasteiger partial charge in [0, 0.05) is 37.5 Å². The smallest absolute Gasteiger partial charge is 0.213 e. The number of nitrogens with zero attached hydrogens (tertiary/aromatic N) is 2. The molecule has 0 N–H and O–H groups in total. The Kier molecular flexibility index (Phi) is 3.65. The van der Waals surface area contributed by atoms with Gasteiger partial charge in [-0.05, 0) is 37.3 Å². The van der Waals surface area contributed by atoms with Crippen LogP contribution in [-0.2, 0) is 15.9 Å². The van der Waals surface area contributed by atoms with Crippen LogP contribution in [-0.4, -0.2) is 48.3 Å². The van der Waals surface area contributed by atoms with Crippen LogP contribution in [0, 0.1) is 5.95 Å². The largest absolute Gasteiger partial charge is 0.380 e. The summed E-state index contributed by atoms with van der Waals surface area (Å²) in [5, 5.41) is 0. The first-order valence-corrected chi connectivity index (χ1v) is 7.91. The first-order valence-electron chi connectivity index (χ1n) is 7.91. The van der Waals surface area contributed by atoms with Gasteiger partial charge < -0.3 is 9.47 Å². The van der Waals surface area contributed by atoms with Gasteiger partial charge in [0.15, 0.2) is 0 Å². The number of halogens is 1. The number of likely N-dealkylation sites (tertiary alicyclic amines) is 1. The Labute approximate surface area is 124 Å². The fraction of sp³-hybridized carbons (Fsp3) is 0.688. The van der Waals surface area contributed by atoms with Crippen molar-refractivity contribution in [3.63, 3.8) is 0 Å². The lowest BCUT2D eigenvalue weighted by atomic mass is 10.1. The van der Waals surface area contributed by atoms with Crippen LogP contribution in [0.3, 0.4) is 0 Å². The molecule has 114 valence electrons. The second-order valence-electron chi connectivity index (χ2n) is 6.29. The summed E-state index contributed by atoms with van der Waals surface area (Å²) >= 11 is 0. The molecule has 1 aromatic rings. The van der Waals surface area contributed by atoms with Crippen molar-refractivity contribution in [1.82, 2.24) is 9.88 Å². The van der Waals surface area contributed by atoms with Gasteiger partial charge in [0.2, 0.25) is 5.95 Å². The molecule has 0 spiro atoms. The monoisotopic (exact) mass is 292 g/mol. The predicted molar refractivity (Wildman–Crippen MR) is 75.5 cm³/mol. The lowest BCUT2D eigenvalue weighted by Gasteiger charge is -2.23. The average Bonchev–Trinajstić information content (AvgIpc) is 3.19. The Bertz CT molecular complexity index is 519. The molecule has 2 aliphatic heterocycles. The molecule has 4 nitrogen and oxygen atoms in total. The quantitative estimate of drug-likeness (QED) is 0.799. The maximum Gasteiger partial charge on any atom is 0.213 e. The first-order chi connectivity index (χ1) is 10.3. The summed E-state index contributed by atoms with van der Waals surface area (Å²) in [4.78, 5) is 6.28. The van der Waals surface area contributed by atoms with E-state index in [1.807, 2.05) is 0 Å². The van der Waals surface area contributed by atoms with E-state index < -0.39 is 0 Å². The summed E-state index contributed by atoms with van der Waals surface area (Å²) in [7, 11) is 0. The number of aromatic nitrogens is 1. The molecule has 0 amide bonds. The fourth-order valence-electron chi connectivity index (χ4n) is 3.81. The van der Waals surface area contributed by atoms with Gasteiger partial charge >= 0.3 is 0 Å². The fourth-order valence-corrected chi connectivity index (χ4v) is 3.81. The topological polar surface area (TPSA) is 34.6 Å². The van der Waals surface area contributed by atoms with Crippen LogP contribution in [0.4, 0.5) is 4.39 Å². The van der Waals surface area contributed by atoms with E-state index in [-0.39, 0.29) is 18.2 Å². The highest BCUT2D eigenvalue weighted by atomic mass is 19.1. The van der Waals surface area contributed by atoms with E-state index in [0.717, 1.165) is 63.1 Å². The van der Waals surface area contributed by atoms with Crippen LogP contribution in [0.15, 0.2) is 12.3 Å². The van der Waals surface area contributed by atoms with Gasteiger partial charge in [-0.1, -0.05) is 0 Å². The van der Waals surface area contributed by atoms with E-state index in [1.165, 1.54) is 0 Å². The summed E-state index contributed by atoms with van der Waals surface area (Å²) < 4.78 is 24.9. The molecule has 2 saturated heterocycles. The Hall–Kier alpha value is -1.04. The maximum absolute atomic E-state index is 13.1. The van der Waals surface area contributed by atoms with Crippen molar-refractivity contribution < 1.29 is 13.9 Å². The van der Waals surface area contributed by atoms with Crippen molar-refractivity contribution in [2.24, 2.45) is 0 Å². The third kappa shape index (κ3) is 2.70. The molecular weight excluding hydrogens is 271 g/mol. The second-order valence-corrected chi connectivity index (χ2v) is 6.29. The number of rotatable bonds is 3. The zero-order chi connectivity index (χ0) is 14.2. The summed E-state index contributed by atoms with van der Waals surface area (Å²) in [5.74, 6) is -0.386.